The van der Waals surface area contributed by atoms with Gasteiger partial charge in [0.2, 0.25) is 0 Å². The quantitative estimate of drug-likeness (QED) is 0.583. The van der Waals surface area contributed by atoms with Crippen molar-refractivity contribution in [2.45, 2.75) is 57.9 Å². The van der Waals surface area contributed by atoms with Crippen molar-refractivity contribution in [2.75, 3.05) is 11.6 Å². The van der Waals surface area contributed by atoms with Gasteiger partial charge in [-0.2, -0.15) is 5.10 Å². The maximum absolute atomic E-state index is 13.0. The highest BCUT2D eigenvalue weighted by molar-refractivity contribution is 6.40. The van der Waals surface area contributed by atoms with Gasteiger partial charge >= 0.3 is 0 Å². The second-order valence-electron chi connectivity index (χ2n) is 8.73. The third kappa shape index (κ3) is 5.21. The Bertz CT molecular complexity index is 950. The number of nitrogens with one attached hydrogen (secondary N) is 1. The van der Waals surface area contributed by atoms with Gasteiger partial charge in [-0.05, 0) is 61.1 Å². The Morgan fingerprint density at radius 2 is 1.84 bits per heavy atom. The number of nitrogens with zero attached hydrogens (tertiary/aromatic N) is 2. The molecule has 1 unspecified atom stereocenters. The van der Waals surface area contributed by atoms with Crippen LogP contribution in [0.15, 0.2) is 47.6 Å². The van der Waals surface area contributed by atoms with E-state index in [1.165, 1.54) is 38.5 Å². The third-order valence-electron chi connectivity index (χ3n) is 6.33. The van der Waals surface area contributed by atoms with Gasteiger partial charge in [0.15, 0.2) is 0 Å². The Hall–Kier alpha value is -2.53. The molecule has 1 aliphatic carbocycles. The summed E-state index contributed by atoms with van der Waals surface area (Å²) in [6, 6.07) is 12.8. The monoisotopic (exact) mass is 439 g/mol. The lowest BCUT2D eigenvalue weighted by atomic mass is 9.99. The first-order valence-corrected chi connectivity index (χ1v) is 11.6. The lowest BCUT2D eigenvalue weighted by Crippen LogP contribution is -2.34. The summed E-state index contributed by atoms with van der Waals surface area (Å²) in [5, 5.41) is 20.0. The van der Waals surface area contributed by atoms with E-state index in [9.17, 15) is 9.90 Å². The molecule has 4 rings (SSSR count). The molecule has 1 atom stereocenters. The van der Waals surface area contributed by atoms with Crippen LogP contribution in [0.1, 0.15) is 62.1 Å². The number of aryl methyl sites for hydroxylation is 1. The number of rotatable bonds is 5. The maximum Gasteiger partial charge on any atom is 0.267 e. The van der Waals surface area contributed by atoms with Gasteiger partial charge in [0.05, 0.1) is 16.8 Å². The van der Waals surface area contributed by atoms with Crippen molar-refractivity contribution >= 4 is 28.9 Å². The Labute approximate surface area is 189 Å². The fourth-order valence-corrected chi connectivity index (χ4v) is 4.85. The van der Waals surface area contributed by atoms with Crippen LogP contribution in [-0.2, 0) is 4.79 Å². The molecule has 2 aromatic carbocycles. The van der Waals surface area contributed by atoms with Crippen molar-refractivity contribution < 1.29 is 9.90 Å². The first-order chi connectivity index (χ1) is 15.0. The normalized spacial score (nSPS) is 19.7. The molecule has 164 valence electrons. The average molecular weight is 440 g/mol. The van der Waals surface area contributed by atoms with Gasteiger partial charge in [-0.15, -0.1) is 0 Å². The predicted octanol–water partition coefficient (Wildman–Crippen LogP) is 5.75. The number of halogens is 1. The molecule has 2 N–H and O–H groups in total. The largest absolute Gasteiger partial charge is 0.508 e. The van der Waals surface area contributed by atoms with Crippen LogP contribution in [0.25, 0.3) is 0 Å². The molecule has 1 amide bonds. The molecule has 1 heterocycles. The minimum absolute atomic E-state index is 0.0984. The van der Waals surface area contributed by atoms with Gasteiger partial charge < -0.3 is 10.4 Å². The Kier molecular flexibility index (Phi) is 6.81. The molecular weight excluding hydrogens is 410 g/mol. The van der Waals surface area contributed by atoms with E-state index in [2.05, 4.69) is 5.32 Å². The smallest absolute Gasteiger partial charge is 0.267 e. The summed E-state index contributed by atoms with van der Waals surface area (Å²) in [6.07, 6.45) is 7.98. The topological polar surface area (TPSA) is 64.9 Å². The van der Waals surface area contributed by atoms with E-state index in [0.717, 1.165) is 16.8 Å². The van der Waals surface area contributed by atoms with Crippen LogP contribution >= 0.6 is 11.6 Å². The molecule has 0 bridgehead atoms. The van der Waals surface area contributed by atoms with E-state index in [1.807, 2.05) is 42.3 Å². The fourth-order valence-electron chi connectivity index (χ4n) is 4.53. The number of anilines is 1. The lowest BCUT2D eigenvalue weighted by molar-refractivity contribution is -0.115. The highest BCUT2D eigenvalue weighted by atomic mass is 35.5. The molecule has 31 heavy (non-hydrogen) atoms. The number of phenols is 1. The summed E-state index contributed by atoms with van der Waals surface area (Å²) in [5.74, 6) is 0.673. The van der Waals surface area contributed by atoms with E-state index in [1.54, 1.807) is 12.1 Å². The number of hydrogen-bond acceptors (Lipinski definition) is 4. The van der Waals surface area contributed by atoms with Crippen LogP contribution in [-0.4, -0.2) is 23.3 Å². The van der Waals surface area contributed by atoms with E-state index < -0.39 is 0 Å². The molecule has 0 spiro atoms. The van der Waals surface area contributed by atoms with E-state index in [4.69, 9.17) is 16.7 Å². The van der Waals surface area contributed by atoms with E-state index >= 15 is 0 Å². The first kappa shape index (κ1) is 21.7. The van der Waals surface area contributed by atoms with Gasteiger partial charge in [0.25, 0.3) is 5.91 Å². The molecule has 1 saturated carbocycles. The number of phenolic OH excluding ortho intramolecular Hbond substituents is 1. The van der Waals surface area contributed by atoms with Gasteiger partial charge in [0, 0.05) is 13.0 Å². The number of hydrogen-bond donors (Lipinski definition) is 2. The fraction of sp³-hybridized carbons (Fsp3) is 0.440. The van der Waals surface area contributed by atoms with Gasteiger partial charge in [-0.3, -0.25) is 9.80 Å². The summed E-state index contributed by atoms with van der Waals surface area (Å²) in [4.78, 5) is 13.0. The summed E-state index contributed by atoms with van der Waals surface area (Å²) < 4.78 is 0. The number of aromatic hydroxyl groups is 1. The standard InChI is InChI=1S/C25H30ClN3O2/c1-17-8-13-23(21(26)14-17)29-24(19-9-11-20(30)12-10-19)15-22(28-29)25(31)27-16-18-6-4-2-3-5-7-18/h8-14,18,24,30H,2-7,15-16H2,1H3,(H,27,31). The zero-order valence-corrected chi connectivity index (χ0v) is 18.7. The Morgan fingerprint density at radius 3 is 2.52 bits per heavy atom. The van der Waals surface area contributed by atoms with Crippen LogP contribution in [0.2, 0.25) is 5.02 Å². The maximum atomic E-state index is 13.0. The lowest BCUT2D eigenvalue weighted by Gasteiger charge is -2.25. The first-order valence-electron chi connectivity index (χ1n) is 11.2. The molecule has 2 aromatic rings. The minimum Gasteiger partial charge on any atom is -0.508 e. The summed E-state index contributed by atoms with van der Waals surface area (Å²) in [6.45, 7) is 2.71. The number of amides is 1. The molecule has 2 aliphatic rings. The van der Waals surface area contributed by atoms with Crippen molar-refractivity contribution in [3.05, 3.63) is 58.6 Å². The Morgan fingerprint density at radius 1 is 1.13 bits per heavy atom. The molecule has 1 fully saturated rings. The molecule has 6 heteroatoms. The zero-order chi connectivity index (χ0) is 21.8. The SMILES string of the molecule is Cc1ccc(N2N=C(C(=O)NCC3CCCCCC3)CC2c2ccc(O)cc2)c(Cl)c1. The molecule has 0 radical (unpaired) electrons. The molecule has 0 aromatic heterocycles. The van der Waals surface area contributed by atoms with Crippen LogP contribution in [0.3, 0.4) is 0 Å². The van der Waals surface area contributed by atoms with E-state index in [-0.39, 0.29) is 17.7 Å². The number of hydrazone groups is 1. The zero-order valence-electron chi connectivity index (χ0n) is 18.0. The summed E-state index contributed by atoms with van der Waals surface area (Å²) in [7, 11) is 0. The van der Waals surface area contributed by atoms with Crippen molar-refractivity contribution in [1.29, 1.82) is 0 Å². The molecule has 1 aliphatic heterocycles. The number of carbonyl (C=O) groups is 1. The van der Waals surface area contributed by atoms with Crippen molar-refractivity contribution in [2.24, 2.45) is 11.0 Å². The third-order valence-corrected chi connectivity index (χ3v) is 6.63. The molecular formula is C25H30ClN3O2. The molecule has 0 saturated heterocycles. The average Bonchev–Trinajstić information content (AvgIpc) is 3.02. The van der Waals surface area contributed by atoms with Crippen molar-refractivity contribution in [3.8, 4) is 5.75 Å². The Balaban J connectivity index is 1.54. The van der Waals surface area contributed by atoms with Crippen molar-refractivity contribution in [1.82, 2.24) is 5.32 Å². The van der Waals surface area contributed by atoms with E-state index in [0.29, 0.717) is 29.6 Å². The predicted molar refractivity (Wildman–Crippen MR) is 126 cm³/mol. The van der Waals surface area contributed by atoms with Crippen LogP contribution in [0, 0.1) is 12.8 Å². The minimum atomic E-state index is -0.153. The number of carbonyl (C=O) groups excluding carboxylic acids is 1. The highest BCUT2D eigenvalue weighted by Gasteiger charge is 2.33. The number of benzene rings is 2. The second kappa shape index (κ2) is 9.73. The van der Waals surface area contributed by atoms with Crippen LogP contribution in [0.5, 0.6) is 5.75 Å². The van der Waals surface area contributed by atoms with Crippen LogP contribution < -0.4 is 10.3 Å². The van der Waals surface area contributed by atoms with Crippen molar-refractivity contribution in [3.63, 3.8) is 0 Å². The molecule has 5 nitrogen and oxygen atoms in total. The van der Waals surface area contributed by atoms with Gasteiger partial charge in [-0.25, -0.2) is 0 Å². The summed E-state index contributed by atoms with van der Waals surface area (Å²) >= 11 is 6.54. The van der Waals surface area contributed by atoms with Crippen LogP contribution in [0.4, 0.5) is 5.69 Å². The van der Waals surface area contributed by atoms with Gasteiger partial charge in [0.1, 0.15) is 11.5 Å². The highest BCUT2D eigenvalue weighted by Crippen LogP contribution is 2.39. The summed E-state index contributed by atoms with van der Waals surface area (Å²) in [5.41, 5.74) is 3.34. The second-order valence-corrected chi connectivity index (χ2v) is 9.13. The van der Waals surface area contributed by atoms with Gasteiger partial charge in [-0.1, -0.05) is 55.5 Å².